The van der Waals surface area contributed by atoms with E-state index < -0.39 is 0 Å². The molecule has 0 spiro atoms. The average Bonchev–Trinajstić information content (AvgIpc) is 2.78. The SMILES string of the molecule is Cc1ccc2c(c1)C(NC(=O)c1ccc(OCCSc3ccccc3)cc1)CC(C)(C)O2. The number of hydrogen-bond donors (Lipinski definition) is 1. The Morgan fingerprint density at radius 1 is 1.09 bits per heavy atom. The van der Waals surface area contributed by atoms with Gasteiger partial charge >= 0.3 is 0 Å². The maximum absolute atomic E-state index is 13.0. The van der Waals surface area contributed by atoms with Crippen molar-refractivity contribution in [1.29, 1.82) is 0 Å². The molecule has 1 unspecified atom stereocenters. The summed E-state index contributed by atoms with van der Waals surface area (Å²) in [6.07, 6.45) is 0.718. The van der Waals surface area contributed by atoms with E-state index in [-0.39, 0.29) is 17.6 Å². The fraction of sp³-hybridized carbons (Fsp3) is 0.296. The molecule has 4 nitrogen and oxygen atoms in total. The topological polar surface area (TPSA) is 47.6 Å². The molecule has 1 aliphatic heterocycles. The monoisotopic (exact) mass is 447 g/mol. The number of nitrogens with one attached hydrogen (secondary N) is 1. The first kappa shape index (κ1) is 22.3. The summed E-state index contributed by atoms with van der Waals surface area (Å²) in [5.74, 6) is 2.38. The van der Waals surface area contributed by atoms with Gasteiger partial charge in [-0.1, -0.05) is 35.9 Å². The number of fused-ring (bicyclic) bond motifs is 1. The van der Waals surface area contributed by atoms with Gasteiger partial charge in [0.25, 0.3) is 5.91 Å². The van der Waals surface area contributed by atoms with Crippen LogP contribution in [0.3, 0.4) is 0 Å². The highest BCUT2D eigenvalue weighted by molar-refractivity contribution is 7.99. The highest BCUT2D eigenvalue weighted by Gasteiger charge is 2.34. The highest BCUT2D eigenvalue weighted by atomic mass is 32.2. The van der Waals surface area contributed by atoms with Gasteiger partial charge in [-0.05, 0) is 63.2 Å². The molecule has 5 heteroatoms. The summed E-state index contributed by atoms with van der Waals surface area (Å²) < 4.78 is 11.9. The van der Waals surface area contributed by atoms with Gasteiger partial charge in [-0.15, -0.1) is 11.8 Å². The highest BCUT2D eigenvalue weighted by Crippen LogP contribution is 2.40. The standard InChI is InChI=1S/C27H29NO3S/c1-19-9-14-25-23(17-19)24(18-27(2,3)31-25)28-26(29)20-10-12-21(13-11-20)30-15-16-32-22-7-5-4-6-8-22/h4-14,17,24H,15-16,18H2,1-3H3,(H,28,29). The van der Waals surface area contributed by atoms with E-state index >= 15 is 0 Å². The Kier molecular flexibility index (Phi) is 6.75. The number of carbonyl (C=O) groups is 1. The fourth-order valence-electron chi connectivity index (χ4n) is 3.88. The molecule has 32 heavy (non-hydrogen) atoms. The number of hydrogen-bond acceptors (Lipinski definition) is 4. The quantitative estimate of drug-likeness (QED) is 0.346. The van der Waals surface area contributed by atoms with E-state index in [2.05, 4.69) is 44.3 Å². The van der Waals surface area contributed by atoms with Crippen molar-refractivity contribution in [2.24, 2.45) is 0 Å². The Hall–Kier alpha value is -2.92. The molecular weight excluding hydrogens is 418 g/mol. The molecule has 0 bridgehead atoms. The maximum Gasteiger partial charge on any atom is 0.251 e. The van der Waals surface area contributed by atoms with E-state index in [4.69, 9.17) is 9.47 Å². The van der Waals surface area contributed by atoms with Crippen molar-refractivity contribution < 1.29 is 14.3 Å². The van der Waals surface area contributed by atoms with Crippen LogP contribution in [-0.2, 0) is 0 Å². The second-order valence-corrected chi connectivity index (χ2v) is 9.84. The lowest BCUT2D eigenvalue weighted by atomic mass is 9.88. The van der Waals surface area contributed by atoms with E-state index in [0.717, 1.165) is 34.8 Å². The minimum Gasteiger partial charge on any atom is -0.493 e. The lowest BCUT2D eigenvalue weighted by molar-refractivity contribution is 0.0619. The number of benzene rings is 3. The molecule has 1 aliphatic rings. The van der Waals surface area contributed by atoms with Crippen LogP contribution >= 0.6 is 11.8 Å². The molecule has 0 aliphatic carbocycles. The van der Waals surface area contributed by atoms with Crippen molar-refractivity contribution in [3.63, 3.8) is 0 Å². The molecule has 0 radical (unpaired) electrons. The van der Waals surface area contributed by atoms with Crippen molar-refractivity contribution in [2.75, 3.05) is 12.4 Å². The third kappa shape index (κ3) is 5.65. The summed E-state index contributed by atoms with van der Waals surface area (Å²) in [5, 5.41) is 3.20. The van der Waals surface area contributed by atoms with Crippen LogP contribution in [0.1, 0.15) is 47.8 Å². The molecular formula is C27H29NO3S. The summed E-state index contributed by atoms with van der Waals surface area (Å²) in [7, 11) is 0. The average molecular weight is 448 g/mol. The minimum atomic E-state index is -0.338. The van der Waals surface area contributed by atoms with Crippen LogP contribution in [0.5, 0.6) is 11.5 Å². The molecule has 4 rings (SSSR count). The molecule has 0 saturated heterocycles. The van der Waals surface area contributed by atoms with Crippen LogP contribution in [0, 0.1) is 6.92 Å². The normalized spacial score (nSPS) is 16.5. The third-order valence-corrected chi connectivity index (χ3v) is 6.38. The zero-order valence-corrected chi connectivity index (χ0v) is 19.6. The van der Waals surface area contributed by atoms with Gasteiger partial charge in [0.15, 0.2) is 0 Å². The third-order valence-electron chi connectivity index (χ3n) is 5.41. The van der Waals surface area contributed by atoms with Gasteiger partial charge < -0.3 is 14.8 Å². The van der Waals surface area contributed by atoms with Crippen molar-refractivity contribution in [1.82, 2.24) is 5.32 Å². The maximum atomic E-state index is 13.0. The summed E-state index contributed by atoms with van der Waals surface area (Å²) in [5.41, 5.74) is 2.47. The molecule has 0 fully saturated rings. The smallest absolute Gasteiger partial charge is 0.251 e. The molecule has 3 aromatic rings. The van der Waals surface area contributed by atoms with E-state index in [1.807, 2.05) is 54.6 Å². The first-order valence-corrected chi connectivity index (χ1v) is 11.9. The Balaban J connectivity index is 1.34. The van der Waals surface area contributed by atoms with Crippen LogP contribution in [0.25, 0.3) is 0 Å². The van der Waals surface area contributed by atoms with Crippen molar-refractivity contribution in [2.45, 2.75) is 43.7 Å². The second kappa shape index (κ2) is 9.70. The summed E-state index contributed by atoms with van der Waals surface area (Å²) in [4.78, 5) is 14.2. The van der Waals surface area contributed by atoms with Crippen LogP contribution in [0.2, 0.25) is 0 Å². The number of aryl methyl sites for hydroxylation is 1. The van der Waals surface area contributed by atoms with Gasteiger partial charge in [0.05, 0.1) is 12.6 Å². The van der Waals surface area contributed by atoms with Gasteiger partial charge in [0.2, 0.25) is 0 Å². The molecule has 1 N–H and O–H groups in total. The first-order valence-electron chi connectivity index (χ1n) is 10.9. The number of carbonyl (C=O) groups excluding carboxylic acids is 1. The number of rotatable bonds is 7. The van der Waals surface area contributed by atoms with Gasteiger partial charge in [-0.25, -0.2) is 0 Å². The molecule has 1 heterocycles. The fourth-order valence-corrected chi connectivity index (χ4v) is 4.63. The van der Waals surface area contributed by atoms with Crippen molar-refractivity contribution in [3.05, 3.63) is 89.5 Å². The van der Waals surface area contributed by atoms with Crippen molar-refractivity contribution in [3.8, 4) is 11.5 Å². The number of amides is 1. The minimum absolute atomic E-state index is 0.0907. The Bertz CT molecular complexity index is 1060. The number of thioether (sulfide) groups is 1. The number of ether oxygens (including phenoxy) is 2. The molecule has 166 valence electrons. The Labute approximate surface area is 194 Å². The Morgan fingerprint density at radius 2 is 1.84 bits per heavy atom. The predicted molar refractivity (Wildman–Crippen MR) is 130 cm³/mol. The zero-order chi connectivity index (χ0) is 22.6. The first-order chi connectivity index (χ1) is 15.4. The van der Waals surface area contributed by atoms with Crippen LogP contribution in [0.15, 0.2) is 77.7 Å². The molecule has 0 saturated carbocycles. The largest absolute Gasteiger partial charge is 0.493 e. The van der Waals surface area contributed by atoms with Crippen molar-refractivity contribution >= 4 is 17.7 Å². The van der Waals surface area contributed by atoms with Crippen LogP contribution in [0.4, 0.5) is 0 Å². The van der Waals surface area contributed by atoms with E-state index in [9.17, 15) is 4.79 Å². The van der Waals surface area contributed by atoms with E-state index in [0.29, 0.717) is 12.2 Å². The Morgan fingerprint density at radius 3 is 2.59 bits per heavy atom. The van der Waals surface area contributed by atoms with Crippen LogP contribution in [-0.4, -0.2) is 23.9 Å². The van der Waals surface area contributed by atoms with E-state index in [1.54, 1.807) is 11.8 Å². The predicted octanol–water partition coefficient (Wildman–Crippen LogP) is 6.20. The van der Waals surface area contributed by atoms with E-state index in [1.165, 1.54) is 4.90 Å². The van der Waals surface area contributed by atoms with Gasteiger partial charge in [-0.3, -0.25) is 4.79 Å². The lowest BCUT2D eigenvalue weighted by Gasteiger charge is -2.38. The molecule has 0 aromatic heterocycles. The van der Waals surface area contributed by atoms with Gasteiger partial charge in [-0.2, -0.15) is 0 Å². The lowest BCUT2D eigenvalue weighted by Crippen LogP contribution is -2.41. The summed E-state index contributed by atoms with van der Waals surface area (Å²) in [6, 6.07) is 23.7. The molecule has 1 amide bonds. The second-order valence-electron chi connectivity index (χ2n) is 8.67. The van der Waals surface area contributed by atoms with Gasteiger partial charge in [0, 0.05) is 28.2 Å². The molecule has 3 aromatic carbocycles. The zero-order valence-electron chi connectivity index (χ0n) is 18.8. The van der Waals surface area contributed by atoms with Gasteiger partial charge in [0.1, 0.15) is 17.1 Å². The van der Waals surface area contributed by atoms with Crippen LogP contribution < -0.4 is 14.8 Å². The molecule has 1 atom stereocenters. The summed E-state index contributed by atoms with van der Waals surface area (Å²) >= 11 is 1.76. The summed E-state index contributed by atoms with van der Waals surface area (Å²) in [6.45, 7) is 6.77.